The minimum atomic E-state index is -0.889. The fourth-order valence-electron chi connectivity index (χ4n) is 2.59. The molecule has 0 amide bonds. The molecule has 1 aromatic carbocycles. The predicted octanol–water partition coefficient (Wildman–Crippen LogP) is 2.15. The fraction of sp³-hybridized carbons (Fsp3) is 0.353. The molecule has 2 aromatic rings. The largest absolute Gasteiger partial charge is 0.480 e. The quantitative estimate of drug-likeness (QED) is 0.658. The average molecular weight is 344 g/mol. The van der Waals surface area contributed by atoms with Gasteiger partial charge in [-0.25, -0.2) is 9.97 Å². The first kappa shape index (κ1) is 16.7. The monoisotopic (exact) mass is 344 g/mol. The number of hydrogen-bond acceptors (Lipinski definition) is 6. The van der Waals surface area contributed by atoms with Gasteiger partial charge in [0.05, 0.1) is 0 Å². The molecular formula is C17H20N4O2S. The van der Waals surface area contributed by atoms with Crippen molar-refractivity contribution in [3.05, 3.63) is 48.2 Å². The molecule has 1 aliphatic heterocycles. The van der Waals surface area contributed by atoms with Gasteiger partial charge in [-0.2, -0.15) is 0 Å². The standard InChI is InChI=1S/C17H20N4O2S/c1-20-9-11-21(12-10-20)14-7-8-18-17(19-14)24-15(16(22)23)13-5-3-2-4-6-13/h2-8,15H,9-12H2,1H3,(H,22,23)/t15-/m1/s1. The highest BCUT2D eigenvalue weighted by atomic mass is 32.2. The first-order chi connectivity index (χ1) is 11.6. The molecule has 1 saturated heterocycles. The molecule has 1 aromatic heterocycles. The van der Waals surface area contributed by atoms with Gasteiger partial charge in [-0.3, -0.25) is 4.79 Å². The second-order valence-electron chi connectivity index (χ2n) is 5.73. The predicted molar refractivity (Wildman–Crippen MR) is 94.4 cm³/mol. The number of likely N-dealkylation sites (N-methyl/N-ethyl adjacent to an activating group) is 1. The summed E-state index contributed by atoms with van der Waals surface area (Å²) in [5, 5.41) is 9.32. The number of carboxylic acids is 1. The Balaban J connectivity index is 1.77. The second kappa shape index (κ2) is 7.63. The molecule has 6 nitrogen and oxygen atoms in total. The molecule has 0 spiro atoms. The summed E-state index contributed by atoms with van der Waals surface area (Å²) in [5.41, 5.74) is 0.739. The van der Waals surface area contributed by atoms with Crippen molar-refractivity contribution in [2.45, 2.75) is 10.4 Å². The molecule has 2 heterocycles. The van der Waals surface area contributed by atoms with Gasteiger partial charge in [-0.1, -0.05) is 42.1 Å². The third kappa shape index (κ3) is 4.04. The summed E-state index contributed by atoms with van der Waals surface area (Å²) in [5.74, 6) is -0.0300. The molecule has 1 aliphatic rings. The first-order valence-corrected chi connectivity index (χ1v) is 8.72. The molecule has 0 bridgehead atoms. The molecule has 24 heavy (non-hydrogen) atoms. The van der Waals surface area contributed by atoms with Crippen molar-refractivity contribution < 1.29 is 9.90 Å². The van der Waals surface area contributed by atoms with Crippen molar-refractivity contribution >= 4 is 23.5 Å². The zero-order valence-electron chi connectivity index (χ0n) is 13.5. The molecule has 7 heteroatoms. The van der Waals surface area contributed by atoms with Crippen LogP contribution in [0.25, 0.3) is 0 Å². The van der Waals surface area contributed by atoms with Crippen molar-refractivity contribution in [1.82, 2.24) is 14.9 Å². The van der Waals surface area contributed by atoms with Crippen LogP contribution in [0.4, 0.5) is 5.82 Å². The average Bonchev–Trinajstić information content (AvgIpc) is 2.61. The normalized spacial score (nSPS) is 16.8. The lowest BCUT2D eigenvalue weighted by Crippen LogP contribution is -2.44. The van der Waals surface area contributed by atoms with E-state index in [1.54, 1.807) is 6.20 Å². The molecular weight excluding hydrogens is 324 g/mol. The van der Waals surface area contributed by atoms with Crippen LogP contribution in [-0.2, 0) is 4.79 Å². The highest BCUT2D eigenvalue weighted by molar-refractivity contribution is 8.00. The van der Waals surface area contributed by atoms with Gasteiger partial charge >= 0.3 is 5.97 Å². The number of aliphatic carboxylic acids is 1. The fourth-order valence-corrected chi connectivity index (χ4v) is 3.47. The highest BCUT2D eigenvalue weighted by Crippen LogP contribution is 2.34. The van der Waals surface area contributed by atoms with Gasteiger partial charge in [0, 0.05) is 32.4 Å². The van der Waals surface area contributed by atoms with Crippen LogP contribution in [0.3, 0.4) is 0 Å². The van der Waals surface area contributed by atoms with Crippen molar-refractivity contribution in [1.29, 1.82) is 0 Å². The van der Waals surface area contributed by atoms with Gasteiger partial charge in [-0.15, -0.1) is 0 Å². The Kier molecular flexibility index (Phi) is 5.32. The Labute approximate surface area is 145 Å². The van der Waals surface area contributed by atoms with Gasteiger partial charge in [0.15, 0.2) is 5.16 Å². The van der Waals surface area contributed by atoms with Crippen molar-refractivity contribution in [2.75, 3.05) is 38.1 Å². The van der Waals surface area contributed by atoms with Gasteiger partial charge in [0.2, 0.25) is 0 Å². The molecule has 1 atom stereocenters. The second-order valence-corrected chi connectivity index (χ2v) is 6.81. The summed E-state index contributed by atoms with van der Waals surface area (Å²) < 4.78 is 0. The summed E-state index contributed by atoms with van der Waals surface area (Å²) in [4.78, 5) is 24.9. The maximum atomic E-state index is 11.6. The number of rotatable bonds is 5. The maximum Gasteiger partial charge on any atom is 0.321 e. The van der Waals surface area contributed by atoms with E-state index in [9.17, 15) is 9.90 Å². The SMILES string of the molecule is CN1CCN(c2ccnc(S[C@@H](C(=O)O)c3ccccc3)n2)CC1. The number of anilines is 1. The molecule has 0 radical (unpaired) electrons. The Morgan fingerprint density at radius 2 is 1.88 bits per heavy atom. The number of carboxylic acid groups (broad SMARTS) is 1. The number of benzene rings is 1. The van der Waals surface area contributed by atoms with Crippen LogP contribution < -0.4 is 4.90 Å². The lowest BCUT2D eigenvalue weighted by atomic mass is 10.1. The van der Waals surface area contributed by atoms with Crippen LogP contribution in [-0.4, -0.2) is 59.2 Å². The van der Waals surface area contributed by atoms with E-state index in [0.29, 0.717) is 5.16 Å². The molecule has 0 aliphatic carbocycles. The van der Waals surface area contributed by atoms with E-state index < -0.39 is 11.2 Å². The molecule has 126 valence electrons. The Bertz CT molecular complexity index is 690. The molecule has 0 unspecified atom stereocenters. The van der Waals surface area contributed by atoms with E-state index in [-0.39, 0.29) is 0 Å². The summed E-state index contributed by atoms with van der Waals surface area (Å²) in [6, 6.07) is 11.1. The lowest BCUT2D eigenvalue weighted by molar-refractivity contribution is -0.136. The number of nitrogens with zero attached hydrogens (tertiary/aromatic N) is 4. The van der Waals surface area contributed by atoms with E-state index in [4.69, 9.17) is 0 Å². The smallest absolute Gasteiger partial charge is 0.321 e. The van der Waals surface area contributed by atoms with Crippen LogP contribution in [0.5, 0.6) is 0 Å². The lowest BCUT2D eigenvalue weighted by Gasteiger charge is -2.33. The third-order valence-electron chi connectivity index (χ3n) is 4.00. The van der Waals surface area contributed by atoms with Gasteiger partial charge in [0.25, 0.3) is 0 Å². The van der Waals surface area contributed by atoms with E-state index in [2.05, 4.69) is 26.8 Å². The molecule has 1 fully saturated rings. The summed E-state index contributed by atoms with van der Waals surface area (Å²) in [7, 11) is 2.11. The number of hydrogen-bond donors (Lipinski definition) is 1. The summed E-state index contributed by atoms with van der Waals surface area (Å²) in [6.45, 7) is 3.82. The van der Waals surface area contributed by atoms with E-state index in [1.807, 2.05) is 36.4 Å². The first-order valence-electron chi connectivity index (χ1n) is 7.84. The Morgan fingerprint density at radius 1 is 1.17 bits per heavy atom. The van der Waals surface area contributed by atoms with Crippen LogP contribution in [0, 0.1) is 0 Å². The van der Waals surface area contributed by atoms with Crippen LogP contribution in [0.2, 0.25) is 0 Å². The van der Waals surface area contributed by atoms with E-state index >= 15 is 0 Å². The van der Waals surface area contributed by atoms with Crippen molar-refractivity contribution in [3.63, 3.8) is 0 Å². The maximum absolute atomic E-state index is 11.6. The van der Waals surface area contributed by atoms with Crippen LogP contribution in [0.15, 0.2) is 47.8 Å². The summed E-state index contributed by atoms with van der Waals surface area (Å²) >= 11 is 1.17. The Hall–Kier alpha value is -2.12. The van der Waals surface area contributed by atoms with E-state index in [1.165, 1.54) is 11.8 Å². The van der Waals surface area contributed by atoms with Crippen molar-refractivity contribution in [2.24, 2.45) is 0 Å². The zero-order valence-corrected chi connectivity index (χ0v) is 14.3. The third-order valence-corrected chi connectivity index (χ3v) is 5.11. The number of carbonyl (C=O) groups is 1. The zero-order chi connectivity index (χ0) is 16.9. The highest BCUT2D eigenvalue weighted by Gasteiger charge is 2.23. The van der Waals surface area contributed by atoms with Crippen molar-refractivity contribution in [3.8, 4) is 0 Å². The molecule has 1 N–H and O–H groups in total. The number of aromatic nitrogens is 2. The van der Waals surface area contributed by atoms with Crippen LogP contribution >= 0.6 is 11.8 Å². The topological polar surface area (TPSA) is 69.6 Å². The molecule has 0 saturated carbocycles. The summed E-state index contributed by atoms with van der Waals surface area (Å²) in [6.07, 6.45) is 1.70. The molecule has 3 rings (SSSR count). The van der Waals surface area contributed by atoms with Gasteiger partial charge in [-0.05, 0) is 18.7 Å². The van der Waals surface area contributed by atoms with E-state index in [0.717, 1.165) is 37.6 Å². The minimum Gasteiger partial charge on any atom is -0.480 e. The number of piperazine rings is 1. The van der Waals surface area contributed by atoms with Crippen LogP contribution in [0.1, 0.15) is 10.8 Å². The van der Waals surface area contributed by atoms with Gasteiger partial charge in [0.1, 0.15) is 11.1 Å². The Morgan fingerprint density at radius 3 is 2.54 bits per heavy atom. The minimum absolute atomic E-state index is 0.489. The van der Waals surface area contributed by atoms with Gasteiger partial charge < -0.3 is 14.9 Å². The number of thioether (sulfide) groups is 1.